The first-order valence-corrected chi connectivity index (χ1v) is 5.90. The van der Waals surface area contributed by atoms with E-state index in [1.165, 1.54) is 17.8 Å². The highest BCUT2D eigenvalue weighted by Crippen LogP contribution is 2.29. The molecule has 0 saturated carbocycles. The average Bonchev–Trinajstić information content (AvgIpc) is 2.33. The Morgan fingerprint density at radius 2 is 2.18 bits per heavy atom. The van der Waals surface area contributed by atoms with Crippen LogP contribution in [0.3, 0.4) is 0 Å². The summed E-state index contributed by atoms with van der Waals surface area (Å²) in [7, 11) is 0. The zero-order valence-electron chi connectivity index (χ0n) is 9.17. The second-order valence-electron chi connectivity index (χ2n) is 3.51. The predicted molar refractivity (Wildman–Crippen MR) is 63.2 cm³/mol. The molecule has 5 heteroatoms. The van der Waals surface area contributed by atoms with Gasteiger partial charge in [0.2, 0.25) is 0 Å². The number of hydrogen-bond acceptors (Lipinski definition) is 4. The first-order valence-electron chi connectivity index (χ1n) is 5.08. The minimum absolute atomic E-state index is 0.362. The minimum Gasteiger partial charge on any atom is -0.389 e. The number of nitrogens with zero attached hydrogens (tertiary/aromatic N) is 2. The first-order chi connectivity index (χ1) is 8.16. The van der Waals surface area contributed by atoms with E-state index in [2.05, 4.69) is 9.97 Å². The molecule has 0 bridgehead atoms. The molecule has 0 saturated heterocycles. The van der Waals surface area contributed by atoms with E-state index in [1.807, 2.05) is 0 Å². The Balaban J connectivity index is 2.23. The van der Waals surface area contributed by atoms with Gasteiger partial charge in [0, 0.05) is 17.3 Å². The van der Waals surface area contributed by atoms with Crippen molar-refractivity contribution in [1.82, 2.24) is 9.97 Å². The number of aliphatic hydroxyl groups excluding tert-OH is 1. The quantitative estimate of drug-likeness (QED) is 0.909. The van der Waals surface area contributed by atoms with Crippen molar-refractivity contribution in [2.45, 2.75) is 22.9 Å². The number of hydrogen-bond donors (Lipinski definition) is 1. The largest absolute Gasteiger partial charge is 0.389 e. The number of benzene rings is 1. The second kappa shape index (κ2) is 5.25. The number of rotatable bonds is 3. The number of aliphatic hydroxyl groups is 1. The van der Waals surface area contributed by atoms with Crippen molar-refractivity contribution in [3.05, 3.63) is 48.2 Å². The molecule has 1 aromatic carbocycles. The summed E-state index contributed by atoms with van der Waals surface area (Å²) in [5, 5.41) is 9.97. The summed E-state index contributed by atoms with van der Waals surface area (Å²) in [4.78, 5) is 8.44. The summed E-state index contributed by atoms with van der Waals surface area (Å²) in [6, 6.07) is 4.67. The van der Waals surface area contributed by atoms with Crippen molar-refractivity contribution in [3.8, 4) is 0 Å². The van der Waals surface area contributed by atoms with Gasteiger partial charge in [-0.25, -0.2) is 9.37 Å². The van der Waals surface area contributed by atoms with Crippen LogP contribution in [0, 0.1) is 5.82 Å². The third-order valence-corrected chi connectivity index (χ3v) is 3.16. The lowest BCUT2D eigenvalue weighted by Crippen LogP contribution is -1.93. The normalized spacial score (nSPS) is 12.4. The molecule has 0 spiro atoms. The van der Waals surface area contributed by atoms with Gasteiger partial charge in [0.1, 0.15) is 10.8 Å². The lowest BCUT2D eigenvalue weighted by atomic mass is 10.1. The van der Waals surface area contributed by atoms with Crippen LogP contribution in [0.4, 0.5) is 4.39 Å². The fourth-order valence-corrected chi connectivity index (χ4v) is 2.06. The molecule has 0 amide bonds. The van der Waals surface area contributed by atoms with Gasteiger partial charge in [-0.3, -0.25) is 4.98 Å². The first kappa shape index (κ1) is 12.0. The summed E-state index contributed by atoms with van der Waals surface area (Å²) < 4.78 is 13.7. The summed E-state index contributed by atoms with van der Waals surface area (Å²) in [5.74, 6) is -0.362. The lowest BCUT2D eigenvalue weighted by Gasteiger charge is -2.07. The van der Waals surface area contributed by atoms with E-state index in [0.717, 1.165) is 0 Å². The van der Waals surface area contributed by atoms with Crippen LogP contribution in [0.2, 0.25) is 0 Å². The van der Waals surface area contributed by atoms with Crippen molar-refractivity contribution in [2.75, 3.05) is 0 Å². The van der Waals surface area contributed by atoms with Gasteiger partial charge in [-0.15, -0.1) is 0 Å². The maximum atomic E-state index is 13.7. The topological polar surface area (TPSA) is 46.0 Å². The van der Waals surface area contributed by atoms with E-state index in [-0.39, 0.29) is 5.82 Å². The molecule has 0 fully saturated rings. The van der Waals surface area contributed by atoms with Gasteiger partial charge in [-0.1, -0.05) is 17.8 Å². The highest BCUT2D eigenvalue weighted by Gasteiger charge is 2.08. The molecule has 1 heterocycles. The van der Waals surface area contributed by atoms with E-state index in [9.17, 15) is 9.50 Å². The smallest absolute Gasteiger partial charge is 0.137 e. The highest BCUT2D eigenvalue weighted by molar-refractivity contribution is 7.99. The molecule has 0 unspecified atom stereocenters. The van der Waals surface area contributed by atoms with Gasteiger partial charge >= 0.3 is 0 Å². The Morgan fingerprint density at radius 3 is 2.76 bits per heavy atom. The molecule has 1 aromatic heterocycles. The van der Waals surface area contributed by atoms with Gasteiger partial charge in [0.15, 0.2) is 0 Å². The summed E-state index contributed by atoms with van der Waals surface area (Å²) >= 11 is 1.20. The molecule has 17 heavy (non-hydrogen) atoms. The molecular weight excluding hydrogens is 239 g/mol. The van der Waals surface area contributed by atoms with Crippen LogP contribution in [-0.2, 0) is 0 Å². The molecule has 1 atom stereocenters. The third-order valence-electron chi connectivity index (χ3n) is 2.19. The number of halogens is 1. The van der Waals surface area contributed by atoms with Crippen LogP contribution >= 0.6 is 11.8 Å². The Bertz CT molecular complexity index is 505. The van der Waals surface area contributed by atoms with Crippen LogP contribution < -0.4 is 0 Å². The van der Waals surface area contributed by atoms with Gasteiger partial charge in [0.05, 0.1) is 12.3 Å². The molecule has 0 aliphatic carbocycles. The second-order valence-corrected chi connectivity index (χ2v) is 4.57. The van der Waals surface area contributed by atoms with Crippen LogP contribution in [-0.4, -0.2) is 15.1 Å². The van der Waals surface area contributed by atoms with Crippen LogP contribution in [0.5, 0.6) is 0 Å². The van der Waals surface area contributed by atoms with E-state index in [4.69, 9.17) is 0 Å². The van der Waals surface area contributed by atoms with Crippen LogP contribution in [0.1, 0.15) is 18.6 Å². The standard InChI is InChI=1S/C12H11FN2OS/c1-8(16)9-2-3-11(10(13)6-9)17-12-7-14-4-5-15-12/h2-8,16H,1H3/t8-/m0/s1. The van der Waals surface area contributed by atoms with Crippen molar-refractivity contribution in [1.29, 1.82) is 0 Å². The summed E-state index contributed by atoms with van der Waals surface area (Å²) in [5.41, 5.74) is 0.561. The van der Waals surface area contributed by atoms with E-state index >= 15 is 0 Å². The molecule has 3 nitrogen and oxygen atoms in total. The fraction of sp³-hybridized carbons (Fsp3) is 0.167. The molecule has 2 rings (SSSR count). The molecule has 0 radical (unpaired) electrons. The highest BCUT2D eigenvalue weighted by atomic mass is 32.2. The van der Waals surface area contributed by atoms with E-state index in [1.54, 1.807) is 37.6 Å². The average molecular weight is 250 g/mol. The van der Waals surface area contributed by atoms with E-state index in [0.29, 0.717) is 15.5 Å². The van der Waals surface area contributed by atoms with Gasteiger partial charge in [-0.05, 0) is 24.6 Å². The zero-order valence-corrected chi connectivity index (χ0v) is 9.99. The Kier molecular flexibility index (Phi) is 3.71. The molecule has 1 N–H and O–H groups in total. The molecule has 0 aliphatic heterocycles. The Morgan fingerprint density at radius 1 is 1.35 bits per heavy atom. The summed E-state index contributed by atoms with van der Waals surface area (Å²) in [6.45, 7) is 1.60. The third kappa shape index (κ3) is 3.01. The lowest BCUT2D eigenvalue weighted by molar-refractivity contribution is 0.198. The zero-order chi connectivity index (χ0) is 12.3. The predicted octanol–water partition coefficient (Wildman–Crippen LogP) is 2.82. The minimum atomic E-state index is -0.667. The fourth-order valence-electron chi connectivity index (χ4n) is 1.31. The van der Waals surface area contributed by atoms with Gasteiger partial charge in [0.25, 0.3) is 0 Å². The Hall–Kier alpha value is -1.46. The van der Waals surface area contributed by atoms with Crippen molar-refractivity contribution in [2.24, 2.45) is 0 Å². The maximum Gasteiger partial charge on any atom is 0.137 e. The summed E-state index contributed by atoms with van der Waals surface area (Å²) in [6.07, 6.45) is 4.04. The maximum absolute atomic E-state index is 13.7. The van der Waals surface area contributed by atoms with Gasteiger partial charge in [-0.2, -0.15) is 0 Å². The molecule has 2 aromatic rings. The van der Waals surface area contributed by atoms with Crippen molar-refractivity contribution in [3.63, 3.8) is 0 Å². The Labute approximate surface area is 103 Å². The molecule has 88 valence electrons. The van der Waals surface area contributed by atoms with Crippen LogP contribution in [0.25, 0.3) is 0 Å². The number of aromatic nitrogens is 2. The molecular formula is C12H11FN2OS. The van der Waals surface area contributed by atoms with Crippen molar-refractivity contribution >= 4 is 11.8 Å². The van der Waals surface area contributed by atoms with Crippen LogP contribution in [0.15, 0.2) is 46.7 Å². The van der Waals surface area contributed by atoms with E-state index < -0.39 is 6.10 Å². The molecule has 0 aliphatic rings. The SMILES string of the molecule is C[C@H](O)c1ccc(Sc2cnccn2)c(F)c1. The van der Waals surface area contributed by atoms with Gasteiger partial charge < -0.3 is 5.11 Å². The van der Waals surface area contributed by atoms with Crippen molar-refractivity contribution < 1.29 is 9.50 Å². The monoisotopic (exact) mass is 250 g/mol.